The lowest BCUT2D eigenvalue weighted by Crippen LogP contribution is -2.55. The lowest BCUT2D eigenvalue weighted by atomic mass is 9.87. The number of imidazole rings is 1. The summed E-state index contributed by atoms with van der Waals surface area (Å²) in [5.41, 5.74) is 4.08. The van der Waals surface area contributed by atoms with E-state index in [0.29, 0.717) is 19.3 Å². The van der Waals surface area contributed by atoms with Crippen LogP contribution < -0.4 is 5.73 Å². The maximum Gasteiger partial charge on any atom is 0.306 e. The van der Waals surface area contributed by atoms with Crippen molar-refractivity contribution < 1.29 is 33.7 Å². The van der Waals surface area contributed by atoms with Gasteiger partial charge in [-0.2, -0.15) is 0 Å². The fraction of sp³-hybridized carbons (Fsp3) is 0.636. The van der Waals surface area contributed by atoms with Crippen molar-refractivity contribution in [1.82, 2.24) is 19.5 Å². The molecule has 0 saturated carbocycles. The summed E-state index contributed by atoms with van der Waals surface area (Å²) in [5, 5.41) is 11.9. The topological polar surface area (TPSA) is 169 Å². The Kier molecular flexibility index (Phi) is 8.15. The number of aliphatic hydroxyl groups is 1. The number of ketones is 1. The molecule has 186 valence electrons. The van der Waals surface area contributed by atoms with Crippen molar-refractivity contribution in [2.45, 2.75) is 83.3 Å². The number of anilines is 1. The Hall–Kier alpha value is -3.12. The molecule has 2 aromatic rings. The first-order chi connectivity index (χ1) is 16.3. The van der Waals surface area contributed by atoms with E-state index in [1.807, 2.05) is 6.92 Å². The van der Waals surface area contributed by atoms with Gasteiger partial charge in [-0.1, -0.05) is 20.8 Å². The number of aromatic nitrogens is 4. The lowest BCUT2D eigenvalue weighted by Gasteiger charge is -2.32. The van der Waals surface area contributed by atoms with Gasteiger partial charge in [-0.3, -0.25) is 19.0 Å². The van der Waals surface area contributed by atoms with Gasteiger partial charge in [0.15, 0.2) is 29.6 Å². The van der Waals surface area contributed by atoms with Crippen molar-refractivity contribution in [3.05, 3.63) is 12.7 Å². The van der Waals surface area contributed by atoms with E-state index >= 15 is 0 Å². The molecule has 1 aliphatic heterocycles. The fourth-order valence-electron chi connectivity index (χ4n) is 3.96. The Morgan fingerprint density at radius 3 is 2.44 bits per heavy atom. The molecule has 12 nitrogen and oxygen atoms in total. The minimum atomic E-state index is -2.28. The average molecular weight is 478 g/mol. The van der Waals surface area contributed by atoms with E-state index in [0.717, 1.165) is 0 Å². The number of carbonyl (C=O) groups is 3. The highest BCUT2D eigenvalue weighted by molar-refractivity contribution is 5.90. The van der Waals surface area contributed by atoms with Gasteiger partial charge in [0.1, 0.15) is 24.6 Å². The number of nitrogens with two attached hydrogens (primary N) is 1. The lowest BCUT2D eigenvalue weighted by molar-refractivity contribution is -0.173. The monoisotopic (exact) mass is 477 g/mol. The SMILES string of the molecule is CCCC(=O)OC[C@H]1O[C@@H](n2cnc3c(N)ncnc32)[C@@](O)(C(=O)CCC)[C@@H]1OC(=O)CCC. The van der Waals surface area contributed by atoms with Gasteiger partial charge < -0.3 is 25.1 Å². The standard InChI is InChI=1S/C22H31N5O7/c1-4-7-14(28)22(31)18(34-16(30)9-6-3)13(10-32-15(29)8-5-2)33-21(22)27-12-26-17-19(23)24-11-25-20(17)27/h11-13,18,21,31H,4-10H2,1-3H3,(H2,23,24,25)/t13-,18-,21-,22-/m1/s1. The molecule has 4 atom stereocenters. The van der Waals surface area contributed by atoms with Crippen molar-refractivity contribution in [1.29, 1.82) is 0 Å². The molecule has 12 heteroatoms. The van der Waals surface area contributed by atoms with Crippen LogP contribution in [0, 0.1) is 0 Å². The van der Waals surface area contributed by atoms with Crippen molar-refractivity contribution in [3.8, 4) is 0 Å². The minimum Gasteiger partial charge on any atom is -0.463 e. The van der Waals surface area contributed by atoms with E-state index < -0.39 is 41.8 Å². The maximum atomic E-state index is 13.3. The molecule has 1 fully saturated rings. The fourth-order valence-corrected chi connectivity index (χ4v) is 3.96. The third-order valence-corrected chi connectivity index (χ3v) is 5.59. The number of esters is 2. The number of ether oxygens (including phenoxy) is 3. The number of fused-ring (bicyclic) bond motifs is 1. The zero-order chi connectivity index (χ0) is 24.9. The van der Waals surface area contributed by atoms with E-state index in [1.54, 1.807) is 13.8 Å². The van der Waals surface area contributed by atoms with Gasteiger partial charge in [0.05, 0.1) is 6.33 Å². The number of hydrogen-bond acceptors (Lipinski definition) is 11. The van der Waals surface area contributed by atoms with Crippen molar-refractivity contribution >= 4 is 34.7 Å². The van der Waals surface area contributed by atoms with Gasteiger partial charge in [-0.05, 0) is 19.3 Å². The van der Waals surface area contributed by atoms with Gasteiger partial charge in [0, 0.05) is 19.3 Å². The summed E-state index contributed by atoms with van der Waals surface area (Å²) in [6.07, 6.45) is 0.483. The number of carbonyl (C=O) groups excluding carboxylic acids is 3. The number of Topliss-reactive ketones (excluding diaryl/α,β-unsaturated/α-hetero) is 1. The summed E-state index contributed by atoms with van der Waals surface area (Å²) in [4.78, 5) is 50.0. The Labute approximate surface area is 196 Å². The van der Waals surface area contributed by atoms with E-state index in [2.05, 4.69) is 15.0 Å². The molecule has 1 saturated heterocycles. The minimum absolute atomic E-state index is 0.00425. The van der Waals surface area contributed by atoms with Crippen LogP contribution in [0.5, 0.6) is 0 Å². The third-order valence-electron chi connectivity index (χ3n) is 5.59. The average Bonchev–Trinajstić information content (AvgIpc) is 3.34. The van der Waals surface area contributed by atoms with Gasteiger partial charge >= 0.3 is 11.9 Å². The van der Waals surface area contributed by atoms with Crippen LogP contribution in [0.15, 0.2) is 12.7 Å². The van der Waals surface area contributed by atoms with E-state index in [4.69, 9.17) is 19.9 Å². The van der Waals surface area contributed by atoms with Gasteiger partial charge in [0.25, 0.3) is 0 Å². The molecule has 0 radical (unpaired) electrons. The van der Waals surface area contributed by atoms with Crippen molar-refractivity contribution in [2.75, 3.05) is 12.3 Å². The van der Waals surface area contributed by atoms with Crippen LogP contribution in [0.25, 0.3) is 11.2 Å². The Morgan fingerprint density at radius 1 is 1.09 bits per heavy atom. The van der Waals surface area contributed by atoms with E-state index in [1.165, 1.54) is 17.2 Å². The van der Waals surface area contributed by atoms with Crippen LogP contribution in [-0.2, 0) is 28.6 Å². The Bertz CT molecular complexity index is 1040. The predicted octanol–water partition coefficient (Wildman–Crippen LogP) is 1.46. The summed E-state index contributed by atoms with van der Waals surface area (Å²) in [6.45, 7) is 5.10. The predicted molar refractivity (Wildman–Crippen MR) is 119 cm³/mol. The molecule has 0 aliphatic carbocycles. The van der Waals surface area contributed by atoms with Crippen LogP contribution in [0.3, 0.4) is 0 Å². The molecule has 0 bridgehead atoms. The van der Waals surface area contributed by atoms with Crippen LogP contribution in [0.2, 0.25) is 0 Å². The highest BCUT2D eigenvalue weighted by Crippen LogP contribution is 2.43. The normalized spacial score (nSPS) is 24.3. The number of hydrogen-bond donors (Lipinski definition) is 2. The largest absolute Gasteiger partial charge is 0.463 e. The quantitative estimate of drug-likeness (QED) is 0.449. The molecule has 0 spiro atoms. The highest BCUT2D eigenvalue weighted by Gasteiger charge is 2.63. The summed E-state index contributed by atoms with van der Waals surface area (Å²) in [7, 11) is 0. The van der Waals surface area contributed by atoms with Crippen LogP contribution in [0.1, 0.15) is 65.5 Å². The van der Waals surface area contributed by atoms with Gasteiger partial charge in [0.2, 0.25) is 5.60 Å². The molecule has 3 heterocycles. The molecule has 0 unspecified atom stereocenters. The number of nitrogens with zero attached hydrogens (tertiary/aromatic N) is 4. The van der Waals surface area contributed by atoms with Crippen molar-refractivity contribution in [3.63, 3.8) is 0 Å². The summed E-state index contributed by atoms with van der Waals surface area (Å²) < 4.78 is 18.3. The number of nitrogen functional groups attached to an aromatic ring is 1. The molecule has 2 aromatic heterocycles. The second kappa shape index (κ2) is 10.9. The van der Waals surface area contributed by atoms with Crippen molar-refractivity contribution in [2.24, 2.45) is 0 Å². The zero-order valence-electron chi connectivity index (χ0n) is 19.6. The Balaban J connectivity index is 2.06. The molecule has 0 amide bonds. The smallest absolute Gasteiger partial charge is 0.306 e. The molecular weight excluding hydrogens is 446 g/mol. The van der Waals surface area contributed by atoms with E-state index in [9.17, 15) is 19.5 Å². The number of rotatable bonds is 11. The Morgan fingerprint density at radius 2 is 1.76 bits per heavy atom. The van der Waals surface area contributed by atoms with Gasteiger partial charge in [-0.25, -0.2) is 15.0 Å². The first-order valence-corrected chi connectivity index (χ1v) is 11.5. The zero-order valence-corrected chi connectivity index (χ0v) is 19.6. The van der Waals surface area contributed by atoms with Crippen LogP contribution >= 0.6 is 0 Å². The second-order valence-electron chi connectivity index (χ2n) is 8.20. The molecule has 3 rings (SSSR count). The van der Waals surface area contributed by atoms with E-state index in [-0.39, 0.29) is 42.9 Å². The third kappa shape index (κ3) is 4.87. The molecule has 34 heavy (non-hydrogen) atoms. The van der Waals surface area contributed by atoms with Crippen LogP contribution in [-0.4, -0.2) is 66.8 Å². The molecular formula is C22H31N5O7. The van der Waals surface area contributed by atoms with Crippen LogP contribution in [0.4, 0.5) is 5.82 Å². The maximum absolute atomic E-state index is 13.3. The molecule has 0 aromatic carbocycles. The molecule has 1 aliphatic rings. The summed E-state index contributed by atoms with van der Waals surface area (Å²) >= 11 is 0. The molecule has 3 N–H and O–H groups in total. The van der Waals surface area contributed by atoms with Gasteiger partial charge in [-0.15, -0.1) is 0 Å². The summed E-state index contributed by atoms with van der Waals surface area (Å²) in [5.74, 6) is -1.54. The summed E-state index contributed by atoms with van der Waals surface area (Å²) in [6, 6.07) is 0. The highest BCUT2D eigenvalue weighted by atomic mass is 16.6. The first kappa shape index (κ1) is 25.5. The second-order valence-corrected chi connectivity index (χ2v) is 8.20. The first-order valence-electron chi connectivity index (χ1n) is 11.5.